The lowest BCUT2D eigenvalue weighted by Crippen LogP contribution is -2.42. The monoisotopic (exact) mass is 492 g/mol. The summed E-state index contributed by atoms with van der Waals surface area (Å²) in [6.07, 6.45) is -1.12. The summed E-state index contributed by atoms with van der Waals surface area (Å²) < 4.78 is 11.3. The van der Waals surface area contributed by atoms with E-state index >= 15 is 0 Å². The van der Waals surface area contributed by atoms with E-state index in [-0.39, 0.29) is 0 Å². The van der Waals surface area contributed by atoms with Crippen LogP contribution in [0.4, 0.5) is 4.79 Å². The summed E-state index contributed by atoms with van der Waals surface area (Å²) in [5, 5.41) is 9.00. The molecule has 0 saturated carbocycles. The van der Waals surface area contributed by atoms with Gasteiger partial charge in [-0.2, -0.15) is 0 Å². The number of amides is 1. The summed E-state index contributed by atoms with van der Waals surface area (Å²) in [6, 6.07) is 2.64. The van der Waals surface area contributed by atoms with Crippen molar-refractivity contribution in [2.45, 2.75) is 44.9 Å². The van der Waals surface area contributed by atoms with Gasteiger partial charge in [0, 0.05) is 13.5 Å². The molecule has 8 nitrogen and oxygen atoms in total. The molecule has 0 aliphatic heterocycles. The molecule has 0 bridgehead atoms. The number of benzene rings is 1. The predicted octanol–water partition coefficient (Wildman–Crippen LogP) is 2.58. The molecule has 0 radical (unpaired) electrons. The maximum absolute atomic E-state index is 12.8. The summed E-state index contributed by atoms with van der Waals surface area (Å²) in [5.41, 5.74) is 5.28. The van der Waals surface area contributed by atoms with E-state index in [0.717, 1.165) is 8.47 Å². The Morgan fingerprint density at radius 3 is 2.33 bits per heavy atom. The lowest BCUT2D eigenvalue weighted by atomic mass is 9.97. The van der Waals surface area contributed by atoms with E-state index in [1.165, 1.54) is 14.2 Å². The molecule has 1 aromatic carbocycles. The van der Waals surface area contributed by atoms with Crippen LogP contribution in [0.15, 0.2) is 18.2 Å². The normalized spacial score (nSPS) is 13.4. The number of rotatable bonds is 7. The third-order valence-electron chi connectivity index (χ3n) is 3.60. The van der Waals surface area contributed by atoms with Gasteiger partial charge in [0.05, 0.1) is 10.7 Å². The van der Waals surface area contributed by atoms with Gasteiger partial charge in [-0.15, -0.1) is 0 Å². The summed E-state index contributed by atoms with van der Waals surface area (Å²) in [5.74, 6) is -1.17. The molecule has 2 atom stereocenters. The van der Waals surface area contributed by atoms with Gasteiger partial charge in [-0.3, -0.25) is 14.5 Å². The van der Waals surface area contributed by atoms with Gasteiger partial charge < -0.3 is 20.3 Å². The van der Waals surface area contributed by atoms with E-state index < -0.39 is 42.0 Å². The Morgan fingerprint density at radius 1 is 1.30 bits per heavy atom. The number of nitrogens with zero attached hydrogens (tertiary/aromatic N) is 1. The van der Waals surface area contributed by atoms with Gasteiger partial charge in [-0.25, -0.2) is 4.79 Å². The Bertz CT molecular complexity index is 716. The number of carboxylic acid groups (broad SMARTS) is 1. The first-order valence-corrected chi connectivity index (χ1v) is 9.25. The minimum Gasteiger partial charge on any atom is -0.496 e. The highest BCUT2D eigenvalue weighted by atomic mass is 127. The van der Waals surface area contributed by atoms with Crippen LogP contribution in [-0.2, 0) is 14.3 Å². The number of ether oxygens (including phenoxy) is 2. The number of halogens is 1. The number of carbonyl (C=O) groups is 3. The highest BCUT2D eigenvalue weighted by Gasteiger charge is 2.33. The number of hydrogen-bond acceptors (Lipinski definition) is 6. The van der Waals surface area contributed by atoms with Gasteiger partial charge in [0.25, 0.3) is 0 Å². The number of carbonyl (C=O) groups excluding carboxylic acids is 2. The van der Waals surface area contributed by atoms with Crippen LogP contribution in [0.5, 0.6) is 5.75 Å². The van der Waals surface area contributed by atoms with Crippen LogP contribution in [0.3, 0.4) is 0 Å². The van der Waals surface area contributed by atoms with E-state index in [4.69, 9.17) is 20.3 Å². The minimum absolute atomic E-state index is 0.421. The van der Waals surface area contributed by atoms with E-state index in [1.807, 2.05) is 0 Å². The highest BCUT2D eigenvalue weighted by Crippen LogP contribution is 2.29. The van der Waals surface area contributed by atoms with Crippen molar-refractivity contribution in [1.82, 2.24) is 4.90 Å². The molecular formula is C18H25IN2O6. The number of aliphatic carboxylic acids is 1. The Labute approximate surface area is 172 Å². The smallest absolute Gasteiger partial charge is 0.410 e. The van der Waals surface area contributed by atoms with Gasteiger partial charge in [0.2, 0.25) is 0 Å². The van der Waals surface area contributed by atoms with E-state index in [1.54, 1.807) is 39.0 Å². The molecular weight excluding hydrogens is 467 g/mol. The number of likely N-dealkylation sites (N-methyl/N-ethyl adjacent to an activating group) is 1. The van der Waals surface area contributed by atoms with Gasteiger partial charge in [0.1, 0.15) is 23.4 Å². The van der Waals surface area contributed by atoms with Crippen molar-refractivity contribution in [3.05, 3.63) is 27.3 Å². The van der Waals surface area contributed by atoms with Gasteiger partial charge in [-0.1, -0.05) is 6.07 Å². The van der Waals surface area contributed by atoms with Crippen molar-refractivity contribution < 1.29 is 29.0 Å². The molecule has 1 aromatic rings. The first-order valence-electron chi connectivity index (χ1n) is 8.17. The van der Waals surface area contributed by atoms with Crippen molar-refractivity contribution in [3.63, 3.8) is 0 Å². The number of methoxy groups -OCH3 is 1. The number of nitrogens with two attached hydrogens (primary N) is 1. The zero-order valence-corrected chi connectivity index (χ0v) is 18.1. The fourth-order valence-corrected chi connectivity index (χ4v) is 3.09. The fraction of sp³-hybridized carbons (Fsp3) is 0.500. The van der Waals surface area contributed by atoms with Crippen LogP contribution in [0.1, 0.15) is 38.8 Å². The largest absolute Gasteiger partial charge is 0.496 e. The van der Waals surface area contributed by atoms with E-state index in [9.17, 15) is 14.4 Å². The van der Waals surface area contributed by atoms with Crippen LogP contribution in [0, 0.1) is 3.57 Å². The second kappa shape index (κ2) is 9.36. The third kappa shape index (κ3) is 6.65. The Kier molecular flexibility index (Phi) is 8.03. The second-order valence-corrected chi connectivity index (χ2v) is 8.17. The molecule has 1 unspecified atom stereocenters. The molecule has 0 saturated heterocycles. The standard InChI is InChI=1S/C18H25IN2O6/c1-18(2,3)27-17(25)21(4)15(13(22)9-12(20)16(23)24)10-6-7-14(26-5)11(19)8-10/h6-8,12,15H,9,20H2,1-5H3,(H,23,24)/t12-,15?/m0/s1. The van der Waals surface area contributed by atoms with Crippen LogP contribution in [0.2, 0.25) is 0 Å². The lowest BCUT2D eigenvalue weighted by molar-refractivity contribution is -0.140. The molecule has 0 fully saturated rings. The summed E-state index contributed by atoms with van der Waals surface area (Å²) >= 11 is 2.05. The Hall–Kier alpha value is -1.88. The van der Waals surface area contributed by atoms with Crippen LogP contribution >= 0.6 is 22.6 Å². The molecule has 0 aliphatic carbocycles. The molecule has 0 aromatic heterocycles. The van der Waals surface area contributed by atoms with Crippen molar-refractivity contribution in [3.8, 4) is 5.75 Å². The first kappa shape index (κ1) is 23.2. The number of Topliss-reactive ketones (excluding diaryl/α,β-unsaturated/α-hetero) is 1. The first-order chi connectivity index (χ1) is 12.4. The van der Waals surface area contributed by atoms with Crippen LogP contribution < -0.4 is 10.5 Å². The molecule has 9 heteroatoms. The Balaban J connectivity index is 3.27. The van der Waals surface area contributed by atoms with Gasteiger partial charge in [-0.05, 0) is 61.1 Å². The van der Waals surface area contributed by atoms with Gasteiger partial charge >= 0.3 is 12.1 Å². The molecule has 150 valence electrons. The zero-order chi connectivity index (χ0) is 20.9. The number of ketones is 1. The molecule has 1 amide bonds. The number of hydrogen-bond donors (Lipinski definition) is 2. The SMILES string of the molecule is COc1ccc(C(C(=O)C[C@H](N)C(=O)O)N(C)C(=O)OC(C)(C)C)cc1I. The van der Waals surface area contributed by atoms with Crippen molar-refractivity contribution in [2.24, 2.45) is 5.73 Å². The summed E-state index contributed by atoms with van der Waals surface area (Å²) in [6.45, 7) is 5.14. The average Bonchev–Trinajstić information content (AvgIpc) is 2.53. The zero-order valence-electron chi connectivity index (χ0n) is 16.0. The molecule has 0 spiro atoms. The van der Waals surface area contributed by atoms with Crippen molar-refractivity contribution in [1.29, 1.82) is 0 Å². The molecule has 0 heterocycles. The van der Waals surface area contributed by atoms with Crippen LogP contribution in [0.25, 0.3) is 0 Å². The fourth-order valence-electron chi connectivity index (χ4n) is 2.33. The molecule has 27 heavy (non-hydrogen) atoms. The number of carboxylic acids is 1. The Morgan fingerprint density at radius 2 is 1.89 bits per heavy atom. The lowest BCUT2D eigenvalue weighted by Gasteiger charge is -2.30. The van der Waals surface area contributed by atoms with Gasteiger partial charge in [0.15, 0.2) is 5.78 Å². The van der Waals surface area contributed by atoms with Crippen molar-refractivity contribution in [2.75, 3.05) is 14.2 Å². The second-order valence-electron chi connectivity index (χ2n) is 7.00. The van der Waals surface area contributed by atoms with Crippen LogP contribution in [-0.4, -0.2) is 53.7 Å². The topological polar surface area (TPSA) is 119 Å². The highest BCUT2D eigenvalue weighted by molar-refractivity contribution is 14.1. The average molecular weight is 492 g/mol. The summed E-state index contributed by atoms with van der Waals surface area (Å²) in [4.78, 5) is 37.5. The quantitative estimate of drug-likeness (QED) is 0.562. The maximum atomic E-state index is 12.8. The molecule has 0 aliphatic rings. The third-order valence-corrected chi connectivity index (χ3v) is 4.45. The van der Waals surface area contributed by atoms with Crippen molar-refractivity contribution >= 4 is 40.4 Å². The minimum atomic E-state index is -1.36. The van der Waals surface area contributed by atoms with E-state index in [0.29, 0.717) is 11.3 Å². The maximum Gasteiger partial charge on any atom is 0.410 e. The molecule has 1 rings (SSSR count). The predicted molar refractivity (Wildman–Crippen MR) is 108 cm³/mol. The molecule has 3 N–H and O–H groups in total. The van der Waals surface area contributed by atoms with E-state index in [2.05, 4.69) is 22.6 Å². The summed E-state index contributed by atoms with van der Waals surface area (Å²) in [7, 11) is 2.96.